The van der Waals surface area contributed by atoms with Crippen LogP contribution < -0.4 is 20.1 Å². The van der Waals surface area contributed by atoms with Gasteiger partial charge in [-0.1, -0.05) is 12.1 Å². The molecule has 0 aliphatic carbocycles. The third kappa shape index (κ3) is 3.27. The van der Waals surface area contributed by atoms with Crippen LogP contribution in [0.25, 0.3) is 0 Å². The maximum absolute atomic E-state index is 11.8. The first-order valence-corrected chi connectivity index (χ1v) is 8.42. The summed E-state index contributed by atoms with van der Waals surface area (Å²) in [6.45, 7) is 4.77. The molecule has 0 bridgehead atoms. The smallest absolute Gasteiger partial charge is 0.251 e. The highest BCUT2D eigenvalue weighted by molar-refractivity contribution is 6.00. The first-order valence-electron chi connectivity index (χ1n) is 8.42. The average molecular weight is 340 g/mol. The number of nitrogens with one attached hydrogen (secondary N) is 2. The third-order valence-electron chi connectivity index (χ3n) is 4.68. The molecule has 5 nitrogen and oxygen atoms in total. The quantitative estimate of drug-likeness (QED) is 0.847. The van der Waals surface area contributed by atoms with E-state index in [0.29, 0.717) is 6.54 Å². The molecule has 0 spiro atoms. The fourth-order valence-electron chi connectivity index (χ4n) is 3.38. The van der Waals surface area contributed by atoms with Crippen molar-refractivity contribution in [3.63, 3.8) is 0 Å². The maximum atomic E-state index is 11.8. The molecule has 1 unspecified atom stereocenters. The Kier molecular flexibility index (Phi) is 4.83. The zero-order valence-electron chi connectivity index (χ0n) is 15.1. The summed E-state index contributed by atoms with van der Waals surface area (Å²) in [6, 6.07) is 10.0. The summed E-state index contributed by atoms with van der Waals surface area (Å²) in [7, 11) is 3.31. The summed E-state index contributed by atoms with van der Waals surface area (Å²) in [6.07, 6.45) is 0.844. The van der Waals surface area contributed by atoms with Gasteiger partial charge >= 0.3 is 0 Å². The predicted octanol–water partition coefficient (Wildman–Crippen LogP) is 3.30. The standard InChI is InChI=1S/C20H24N2O3/c1-12(10-14-8-9-18(24-3)19(25-4)13(14)2)22-17-7-5-6-15-16(17)11-21-20(15)23/h5-9,12,22H,10-11H2,1-4H3,(H,21,23). The normalized spacial score (nSPS) is 13.8. The van der Waals surface area contributed by atoms with Gasteiger partial charge in [0.05, 0.1) is 14.2 Å². The lowest BCUT2D eigenvalue weighted by atomic mass is 9.99. The van der Waals surface area contributed by atoms with Crippen molar-refractivity contribution in [2.24, 2.45) is 0 Å². The molecule has 5 heteroatoms. The summed E-state index contributed by atoms with van der Waals surface area (Å²) in [4.78, 5) is 11.8. The molecule has 2 aromatic carbocycles. The first kappa shape index (κ1) is 17.1. The number of benzene rings is 2. The van der Waals surface area contributed by atoms with E-state index in [2.05, 4.69) is 23.6 Å². The number of methoxy groups -OCH3 is 2. The number of rotatable bonds is 6. The van der Waals surface area contributed by atoms with Crippen molar-refractivity contribution in [2.45, 2.75) is 32.9 Å². The molecule has 1 atom stereocenters. The van der Waals surface area contributed by atoms with Crippen LogP contribution in [-0.4, -0.2) is 26.2 Å². The lowest BCUT2D eigenvalue weighted by Gasteiger charge is -2.20. The number of fused-ring (bicyclic) bond motifs is 1. The van der Waals surface area contributed by atoms with Crippen molar-refractivity contribution in [3.05, 3.63) is 52.6 Å². The highest BCUT2D eigenvalue weighted by atomic mass is 16.5. The number of amides is 1. The van der Waals surface area contributed by atoms with E-state index < -0.39 is 0 Å². The van der Waals surface area contributed by atoms with Crippen LogP contribution in [0, 0.1) is 6.92 Å². The third-order valence-corrected chi connectivity index (χ3v) is 4.68. The van der Waals surface area contributed by atoms with Gasteiger partial charge < -0.3 is 20.1 Å². The SMILES string of the molecule is COc1ccc(CC(C)Nc2cccc3c2CNC3=O)c(C)c1OC. The van der Waals surface area contributed by atoms with Gasteiger partial charge in [-0.05, 0) is 49.6 Å². The van der Waals surface area contributed by atoms with Crippen LogP contribution in [0.5, 0.6) is 11.5 Å². The Morgan fingerprint density at radius 2 is 2.00 bits per heavy atom. The van der Waals surface area contributed by atoms with Crippen LogP contribution in [0.1, 0.15) is 34.0 Å². The lowest BCUT2D eigenvalue weighted by Crippen LogP contribution is -2.20. The molecule has 25 heavy (non-hydrogen) atoms. The molecule has 2 N–H and O–H groups in total. The predicted molar refractivity (Wildman–Crippen MR) is 98.7 cm³/mol. The second-order valence-electron chi connectivity index (χ2n) is 6.35. The van der Waals surface area contributed by atoms with Crippen molar-refractivity contribution in [2.75, 3.05) is 19.5 Å². The van der Waals surface area contributed by atoms with Crippen molar-refractivity contribution < 1.29 is 14.3 Å². The zero-order valence-corrected chi connectivity index (χ0v) is 15.1. The lowest BCUT2D eigenvalue weighted by molar-refractivity contribution is 0.0966. The van der Waals surface area contributed by atoms with Crippen LogP contribution >= 0.6 is 0 Å². The molecule has 0 saturated heterocycles. The molecule has 1 heterocycles. The number of hydrogen-bond acceptors (Lipinski definition) is 4. The molecule has 1 amide bonds. The van der Waals surface area contributed by atoms with Crippen LogP contribution in [-0.2, 0) is 13.0 Å². The number of ether oxygens (including phenoxy) is 2. The molecule has 132 valence electrons. The molecule has 0 aromatic heterocycles. The van der Waals surface area contributed by atoms with Crippen LogP contribution in [0.2, 0.25) is 0 Å². The molecule has 2 aromatic rings. The highest BCUT2D eigenvalue weighted by Crippen LogP contribution is 2.33. The molecule has 0 fully saturated rings. The summed E-state index contributed by atoms with van der Waals surface area (Å²) in [5.41, 5.74) is 5.12. The van der Waals surface area contributed by atoms with Gasteiger partial charge in [0.1, 0.15) is 0 Å². The van der Waals surface area contributed by atoms with E-state index in [-0.39, 0.29) is 11.9 Å². The monoisotopic (exact) mass is 340 g/mol. The van der Waals surface area contributed by atoms with Gasteiger partial charge in [0.25, 0.3) is 5.91 Å². The Bertz CT molecular complexity index is 802. The van der Waals surface area contributed by atoms with E-state index in [4.69, 9.17) is 9.47 Å². The largest absolute Gasteiger partial charge is 0.493 e. The van der Waals surface area contributed by atoms with Crippen molar-refractivity contribution in [3.8, 4) is 11.5 Å². The van der Waals surface area contributed by atoms with Gasteiger partial charge in [-0.3, -0.25) is 4.79 Å². The van der Waals surface area contributed by atoms with Crippen molar-refractivity contribution in [1.29, 1.82) is 0 Å². The molecular weight excluding hydrogens is 316 g/mol. The van der Waals surface area contributed by atoms with E-state index in [1.54, 1.807) is 14.2 Å². The first-order chi connectivity index (χ1) is 12.0. The van der Waals surface area contributed by atoms with Crippen molar-refractivity contribution >= 4 is 11.6 Å². The van der Waals surface area contributed by atoms with E-state index in [0.717, 1.165) is 40.3 Å². The van der Waals surface area contributed by atoms with E-state index in [9.17, 15) is 4.79 Å². The molecule has 3 rings (SSSR count). The van der Waals surface area contributed by atoms with Gasteiger partial charge in [-0.15, -0.1) is 0 Å². The maximum Gasteiger partial charge on any atom is 0.251 e. The number of hydrogen-bond donors (Lipinski definition) is 2. The van der Waals surface area contributed by atoms with Crippen LogP contribution in [0.4, 0.5) is 5.69 Å². The summed E-state index contributed by atoms with van der Waals surface area (Å²) < 4.78 is 10.8. The second kappa shape index (κ2) is 7.05. The number of anilines is 1. The van der Waals surface area contributed by atoms with E-state index >= 15 is 0 Å². The van der Waals surface area contributed by atoms with E-state index in [1.165, 1.54) is 5.56 Å². The van der Waals surface area contributed by atoms with Crippen LogP contribution in [0.3, 0.4) is 0 Å². The molecular formula is C20H24N2O3. The minimum atomic E-state index is 0.00189. The Hall–Kier alpha value is -2.69. The van der Waals surface area contributed by atoms with Gasteiger partial charge in [-0.2, -0.15) is 0 Å². The Labute approximate surface area is 148 Å². The Balaban J connectivity index is 1.78. The van der Waals surface area contributed by atoms with Crippen molar-refractivity contribution in [1.82, 2.24) is 5.32 Å². The van der Waals surface area contributed by atoms with Gasteiger partial charge in [0.15, 0.2) is 11.5 Å². The second-order valence-corrected chi connectivity index (χ2v) is 6.35. The summed E-state index contributed by atoms with van der Waals surface area (Å²) in [5, 5.41) is 6.42. The minimum Gasteiger partial charge on any atom is -0.493 e. The van der Waals surface area contributed by atoms with Gasteiger partial charge in [0, 0.05) is 29.4 Å². The Morgan fingerprint density at radius 3 is 2.72 bits per heavy atom. The number of carbonyl (C=O) groups is 1. The summed E-state index contributed by atoms with van der Waals surface area (Å²) in [5.74, 6) is 1.53. The minimum absolute atomic E-state index is 0.00189. The molecule has 1 aliphatic rings. The van der Waals surface area contributed by atoms with E-state index in [1.807, 2.05) is 31.2 Å². The topological polar surface area (TPSA) is 59.6 Å². The summed E-state index contributed by atoms with van der Waals surface area (Å²) >= 11 is 0. The Morgan fingerprint density at radius 1 is 1.20 bits per heavy atom. The van der Waals surface area contributed by atoms with Crippen LogP contribution in [0.15, 0.2) is 30.3 Å². The average Bonchev–Trinajstić information content (AvgIpc) is 2.99. The van der Waals surface area contributed by atoms with Gasteiger partial charge in [0.2, 0.25) is 0 Å². The fourth-order valence-corrected chi connectivity index (χ4v) is 3.38. The molecule has 0 radical (unpaired) electrons. The highest BCUT2D eigenvalue weighted by Gasteiger charge is 2.22. The molecule has 0 saturated carbocycles. The fraction of sp³-hybridized carbons (Fsp3) is 0.350. The molecule has 1 aliphatic heterocycles. The van der Waals surface area contributed by atoms with Gasteiger partial charge in [-0.25, -0.2) is 0 Å². The zero-order chi connectivity index (χ0) is 18.0. The number of carbonyl (C=O) groups excluding carboxylic acids is 1.